The molecule has 0 fully saturated rings. The van der Waals surface area contributed by atoms with E-state index in [1.165, 1.54) is 19.2 Å². The molecule has 0 spiro atoms. The van der Waals surface area contributed by atoms with Gasteiger partial charge >= 0.3 is 18.1 Å². The molecule has 1 aliphatic heterocycles. The quantitative estimate of drug-likeness (QED) is 0.740. The molecule has 2 unspecified atom stereocenters. The Kier molecular flexibility index (Phi) is 6.08. The van der Waals surface area contributed by atoms with Gasteiger partial charge in [0.1, 0.15) is 5.92 Å². The van der Waals surface area contributed by atoms with E-state index >= 15 is 0 Å². The van der Waals surface area contributed by atoms with Crippen LogP contribution in [0.2, 0.25) is 0 Å². The molecule has 1 aromatic carbocycles. The summed E-state index contributed by atoms with van der Waals surface area (Å²) in [6.07, 6.45) is -4.56. The van der Waals surface area contributed by atoms with Gasteiger partial charge in [-0.2, -0.15) is 13.2 Å². The van der Waals surface area contributed by atoms with Crippen molar-refractivity contribution in [3.8, 4) is 0 Å². The van der Waals surface area contributed by atoms with Crippen molar-refractivity contribution in [2.75, 3.05) is 13.7 Å². The molecule has 8 heteroatoms. The maximum atomic E-state index is 13.2. The number of benzene rings is 1. The lowest BCUT2D eigenvalue weighted by atomic mass is 9.75. The van der Waals surface area contributed by atoms with E-state index in [0.29, 0.717) is 11.4 Å². The minimum absolute atomic E-state index is 0.0529. The van der Waals surface area contributed by atoms with Crippen molar-refractivity contribution < 1.29 is 32.2 Å². The summed E-state index contributed by atoms with van der Waals surface area (Å²) in [5.74, 6) is -3.42. The molecule has 1 heterocycles. The van der Waals surface area contributed by atoms with Crippen molar-refractivity contribution in [3.05, 3.63) is 46.7 Å². The van der Waals surface area contributed by atoms with Crippen LogP contribution in [0.1, 0.15) is 37.8 Å². The Labute approximate surface area is 154 Å². The van der Waals surface area contributed by atoms with E-state index in [9.17, 15) is 22.8 Å². The standard InChI is InChI=1S/C19H20F3NO4/c1-5-27-18(25)15-11(3)23-10(2)14(17(24)26-4)16(15)12-7-6-8-13(9-12)19(20,21)22/h6-9,14,16H,5H2,1-4H3. The summed E-state index contributed by atoms with van der Waals surface area (Å²) in [5, 5.41) is 0. The van der Waals surface area contributed by atoms with Crippen molar-refractivity contribution in [2.24, 2.45) is 10.9 Å². The minimum Gasteiger partial charge on any atom is -0.468 e. The van der Waals surface area contributed by atoms with Gasteiger partial charge in [0.05, 0.1) is 24.9 Å². The summed E-state index contributed by atoms with van der Waals surface area (Å²) in [5.41, 5.74) is 0.00187. The Morgan fingerprint density at radius 3 is 2.44 bits per heavy atom. The number of hydrogen-bond acceptors (Lipinski definition) is 5. The van der Waals surface area contributed by atoms with Crippen LogP contribution in [0, 0.1) is 5.92 Å². The molecule has 0 radical (unpaired) electrons. The van der Waals surface area contributed by atoms with Crippen LogP contribution in [0.3, 0.4) is 0 Å². The summed E-state index contributed by atoms with van der Waals surface area (Å²) in [7, 11) is 1.17. The highest BCUT2D eigenvalue weighted by Gasteiger charge is 2.43. The maximum Gasteiger partial charge on any atom is 0.416 e. The van der Waals surface area contributed by atoms with E-state index in [0.717, 1.165) is 12.1 Å². The van der Waals surface area contributed by atoms with Crippen LogP contribution in [0.5, 0.6) is 0 Å². The second-order valence-corrected chi connectivity index (χ2v) is 6.07. The fourth-order valence-corrected chi connectivity index (χ4v) is 3.21. The van der Waals surface area contributed by atoms with Gasteiger partial charge in [0.15, 0.2) is 0 Å². The normalized spacial score (nSPS) is 20.2. The molecule has 146 valence electrons. The average molecular weight is 383 g/mol. The van der Waals surface area contributed by atoms with E-state index in [1.807, 2.05) is 0 Å². The lowest BCUT2D eigenvalue weighted by Gasteiger charge is -2.31. The van der Waals surface area contributed by atoms with Crippen LogP contribution < -0.4 is 0 Å². The average Bonchev–Trinajstić information content (AvgIpc) is 2.60. The zero-order chi connectivity index (χ0) is 20.4. The lowest BCUT2D eigenvalue weighted by molar-refractivity contribution is -0.144. The van der Waals surface area contributed by atoms with Crippen LogP contribution in [0.25, 0.3) is 0 Å². The van der Waals surface area contributed by atoms with Gasteiger partial charge < -0.3 is 9.47 Å². The highest BCUT2D eigenvalue weighted by atomic mass is 19.4. The number of rotatable bonds is 4. The molecule has 5 nitrogen and oxygen atoms in total. The predicted molar refractivity (Wildman–Crippen MR) is 92.1 cm³/mol. The molecule has 27 heavy (non-hydrogen) atoms. The first kappa shape index (κ1) is 20.7. The topological polar surface area (TPSA) is 65.0 Å². The van der Waals surface area contributed by atoms with Gasteiger partial charge in [-0.3, -0.25) is 9.79 Å². The number of esters is 2. The summed E-state index contributed by atoms with van der Waals surface area (Å²) in [6.45, 7) is 4.83. The third-order valence-corrected chi connectivity index (χ3v) is 4.35. The Balaban J connectivity index is 2.69. The number of carbonyl (C=O) groups excluding carboxylic acids is 2. The third kappa shape index (κ3) is 4.20. The molecule has 0 amide bonds. The van der Waals surface area contributed by atoms with Crippen molar-refractivity contribution in [1.29, 1.82) is 0 Å². The van der Waals surface area contributed by atoms with E-state index in [-0.39, 0.29) is 17.7 Å². The van der Waals surface area contributed by atoms with Crippen LogP contribution in [-0.2, 0) is 25.2 Å². The largest absolute Gasteiger partial charge is 0.468 e. The number of allylic oxidation sites excluding steroid dienone is 1. The van der Waals surface area contributed by atoms with Gasteiger partial charge in [0, 0.05) is 17.3 Å². The van der Waals surface area contributed by atoms with Crippen molar-refractivity contribution in [1.82, 2.24) is 0 Å². The first-order chi connectivity index (χ1) is 12.6. The summed E-state index contributed by atoms with van der Waals surface area (Å²) < 4.78 is 49.4. The molecule has 2 rings (SSSR count). The Hall–Kier alpha value is -2.64. The SMILES string of the molecule is CCOC(=O)C1=C(C)N=C(C)C(C(=O)OC)C1c1cccc(C(F)(F)F)c1. The zero-order valence-corrected chi connectivity index (χ0v) is 15.4. The van der Waals surface area contributed by atoms with Gasteiger partial charge in [-0.05, 0) is 32.4 Å². The van der Waals surface area contributed by atoms with Gasteiger partial charge in [0.25, 0.3) is 0 Å². The third-order valence-electron chi connectivity index (χ3n) is 4.35. The molecular weight excluding hydrogens is 363 g/mol. The first-order valence-corrected chi connectivity index (χ1v) is 8.29. The number of nitrogens with zero attached hydrogens (tertiary/aromatic N) is 1. The predicted octanol–water partition coefficient (Wildman–Crippen LogP) is 3.89. The van der Waals surface area contributed by atoms with Gasteiger partial charge in [-0.25, -0.2) is 4.79 Å². The smallest absolute Gasteiger partial charge is 0.416 e. The molecule has 0 aromatic heterocycles. The highest BCUT2D eigenvalue weighted by molar-refractivity contribution is 6.06. The van der Waals surface area contributed by atoms with Crippen molar-refractivity contribution in [3.63, 3.8) is 0 Å². The van der Waals surface area contributed by atoms with Gasteiger partial charge in [0.2, 0.25) is 0 Å². The maximum absolute atomic E-state index is 13.2. The fraction of sp³-hybridized carbons (Fsp3) is 0.421. The van der Waals surface area contributed by atoms with E-state index in [1.54, 1.807) is 20.8 Å². The number of halogens is 3. The summed E-state index contributed by atoms with van der Waals surface area (Å²) in [4.78, 5) is 29.1. The number of hydrogen-bond donors (Lipinski definition) is 0. The Morgan fingerprint density at radius 2 is 1.89 bits per heavy atom. The van der Waals surface area contributed by atoms with Crippen molar-refractivity contribution >= 4 is 17.7 Å². The number of ether oxygens (including phenoxy) is 2. The number of aliphatic imine (C=N–C) groups is 1. The fourth-order valence-electron chi connectivity index (χ4n) is 3.21. The zero-order valence-electron chi connectivity index (χ0n) is 15.4. The minimum atomic E-state index is -4.56. The molecule has 1 aliphatic rings. The summed E-state index contributed by atoms with van der Waals surface area (Å²) in [6, 6.07) is 4.55. The van der Waals surface area contributed by atoms with Crippen LogP contribution in [0.15, 0.2) is 40.5 Å². The van der Waals surface area contributed by atoms with Gasteiger partial charge in [-0.1, -0.05) is 18.2 Å². The lowest BCUT2D eigenvalue weighted by Crippen LogP contribution is -2.36. The molecule has 1 aromatic rings. The van der Waals surface area contributed by atoms with Crippen molar-refractivity contribution in [2.45, 2.75) is 32.9 Å². The van der Waals surface area contributed by atoms with E-state index < -0.39 is 35.5 Å². The number of alkyl halides is 3. The monoisotopic (exact) mass is 383 g/mol. The molecule has 0 N–H and O–H groups in total. The van der Waals surface area contributed by atoms with E-state index in [2.05, 4.69) is 4.99 Å². The Bertz CT molecular complexity index is 811. The molecule has 0 saturated carbocycles. The first-order valence-electron chi connectivity index (χ1n) is 8.29. The van der Waals surface area contributed by atoms with Crippen LogP contribution in [0.4, 0.5) is 13.2 Å². The molecule has 0 saturated heterocycles. The highest BCUT2D eigenvalue weighted by Crippen LogP contribution is 2.41. The number of methoxy groups -OCH3 is 1. The van der Waals surface area contributed by atoms with E-state index in [4.69, 9.17) is 9.47 Å². The Morgan fingerprint density at radius 1 is 1.22 bits per heavy atom. The van der Waals surface area contributed by atoms with Crippen LogP contribution >= 0.6 is 0 Å². The molecule has 0 bridgehead atoms. The van der Waals surface area contributed by atoms with Gasteiger partial charge in [-0.15, -0.1) is 0 Å². The molecule has 2 atom stereocenters. The molecule has 0 aliphatic carbocycles. The summed E-state index contributed by atoms with van der Waals surface area (Å²) >= 11 is 0. The molecular formula is C19H20F3NO4. The van der Waals surface area contributed by atoms with Crippen LogP contribution in [-0.4, -0.2) is 31.4 Å². The second-order valence-electron chi connectivity index (χ2n) is 6.07. The second kappa shape index (κ2) is 7.94. The number of carbonyl (C=O) groups is 2.